The predicted octanol–water partition coefficient (Wildman–Crippen LogP) is 6.63. The highest BCUT2D eigenvalue weighted by Gasteiger charge is 2.31. The molecule has 0 radical (unpaired) electrons. The average molecular weight is 555 g/mol. The number of carbonyl (C=O) groups excluding carboxylic acids is 1. The SMILES string of the molecule is CC1(C)Cc2c(sc3nc(Cc4ccccc4)nc(SCC(=O)Nc4ccc(Br)cc4)c23)CO1. The largest absolute Gasteiger partial charge is 0.370 e. The van der Waals surface area contributed by atoms with E-state index in [1.54, 1.807) is 11.3 Å². The molecule has 0 saturated heterocycles. The number of rotatable bonds is 6. The molecule has 1 aliphatic heterocycles. The van der Waals surface area contributed by atoms with Crippen LogP contribution in [0, 0.1) is 0 Å². The fourth-order valence-electron chi connectivity index (χ4n) is 3.98. The normalized spacial score (nSPS) is 14.7. The molecule has 5 rings (SSSR count). The summed E-state index contributed by atoms with van der Waals surface area (Å²) >= 11 is 6.58. The summed E-state index contributed by atoms with van der Waals surface area (Å²) in [5.74, 6) is 0.988. The van der Waals surface area contributed by atoms with Crippen LogP contribution in [0.15, 0.2) is 64.1 Å². The molecule has 0 aliphatic carbocycles. The fraction of sp³-hybridized carbons (Fsp3) is 0.269. The highest BCUT2D eigenvalue weighted by atomic mass is 79.9. The molecule has 34 heavy (non-hydrogen) atoms. The Morgan fingerprint density at radius 1 is 1.15 bits per heavy atom. The van der Waals surface area contributed by atoms with E-state index in [-0.39, 0.29) is 17.3 Å². The average Bonchev–Trinajstić information content (AvgIpc) is 3.16. The minimum absolute atomic E-state index is 0.0588. The smallest absolute Gasteiger partial charge is 0.234 e. The number of nitrogens with one attached hydrogen (secondary N) is 1. The lowest BCUT2D eigenvalue weighted by Crippen LogP contribution is -2.31. The van der Waals surface area contributed by atoms with Crippen molar-refractivity contribution in [1.29, 1.82) is 0 Å². The monoisotopic (exact) mass is 553 g/mol. The molecule has 3 heterocycles. The van der Waals surface area contributed by atoms with Gasteiger partial charge in [-0.25, -0.2) is 9.97 Å². The maximum Gasteiger partial charge on any atom is 0.234 e. The zero-order valence-corrected chi connectivity index (χ0v) is 22.1. The maximum atomic E-state index is 12.7. The van der Waals surface area contributed by atoms with Gasteiger partial charge in [0.15, 0.2) is 0 Å². The van der Waals surface area contributed by atoms with E-state index in [1.807, 2.05) is 42.5 Å². The Labute approximate surface area is 215 Å². The van der Waals surface area contributed by atoms with Crippen LogP contribution in [0.25, 0.3) is 10.2 Å². The zero-order valence-electron chi connectivity index (χ0n) is 18.9. The topological polar surface area (TPSA) is 64.1 Å². The number of thioether (sulfide) groups is 1. The second kappa shape index (κ2) is 9.77. The van der Waals surface area contributed by atoms with Crippen molar-refractivity contribution in [3.63, 3.8) is 0 Å². The van der Waals surface area contributed by atoms with Crippen LogP contribution in [0.5, 0.6) is 0 Å². The van der Waals surface area contributed by atoms with Gasteiger partial charge in [0.1, 0.15) is 15.7 Å². The first-order valence-corrected chi connectivity index (χ1v) is 13.6. The Morgan fingerprint density at radius 3 is 2.68 bits per heavy atom. The fourth-order valence-corrected chi connectivity index (χ4v) is 6.30. The second-order valence-electron chi connectivity index (χ2n) is 8.86. The van der Waals surface area contributed by atoms with Crippen LogP contribution >= 0.6 is 39.0 Å². The number of carbonyl (C=O) groups is 1. The minimum Gasteiger partial charge on any atom is -0.370 e. The number of hydrogen-bond acceptors (Lipinski definition) is 6. The van der Waals surface area contributed by atoms with Gasteiger partial charge < -0.3 is 10.1 Å². The summed E-state index contributed by atoms with van der Waals surface area (Å²) in [6.07, 6.45) is 1.46. The van der Waals surface area contributed by atoms with Crippen molar-refractivity contribution in [3.05, 3.63) is 80.9 Å². The van der Waals surface area contributed by atoms with E-state index < -0.39 is 0 Å². The van der Waals surface area contributed by atoms with Crippen molar-refractivity contribution < 1.29 is 9.53 Å². The summed E-state index contributed by atoms with van der Waals surface area (Å²) in [5.41, 5.74) is 2.97. The molecule has 0 unspecified atom stereocenters. The van der Waals surface area contributed by atoms with Gasteiger partial charge in [0.25, 0.3) is 0 Å². The van der Waals surface area contributed by atoms with Gasteiger partial charge >= 0.3 is 0 Å². The maximum absolute atomic E-state index is 12.7. The van der Waals surface area contributed by atoms with Gasteiger partial charge in [-0.1, -0.05) is 58.0 Å². The molecule has 2 aromatic carbocycles. The highest BCUT2D eigenvalue weighted by molar-refractivity contribution is 9.10. The standard InChI is InChI=1S/C26H24BrN3O2S2/c1-26(2)13-19-20(14-32-26)34-25-23(19)24(29-21(30-25)12-16-6-4-3-5-7-16)33-15-22(31)28-18-10-8-17(27)9-11-18/h3-11H,12-15H2,1-2H3,(H,28,31). The number of amides is 1. The van der Waals surface area contributed by atoms with E-state index in [9.17, 15) is 4.79 Å². The van der Waals surface area contributed by atoms with E-state index in [0.29, 0.717) is 13.0 Å². The van der Waals surface area contributed by atoms with Crippen molar-refractivity contribution in [3.8, 4) is 0 Å². The van der Waals surface area contributed by atoms with Crippen LogP contribution < -0.4 is 5.32 Å². The van der Waals surface area contributed by atoms with Crippen molar-refractivity contribution in [1.82, 2.24) is 9.97 Å². The van der Waals surface area contributed by atoms with E-state index >= 15 is 0 Å². The zero-order chi connectivity index (χ0) is 23.7. The van der Waals surface area contributed by atoms with Gasteiger partial charge in [-0.05, 0) is 49.2 Å². The van der Waals surface area contributed by atoms with E-state index in [1.165, 1.54) is 22.2 Å². The Bertz CT molecular complexity index is 1340. The lowest BCUT2D eigenvalue weighted by atomic mass is 9.94. The van der Waals surface area contributed by atoms with Crippen LogP contribution in [0.4, 0.5) is 5.69 Å². The predicted molar refractivity (Wildman–Crippen MR) is 143 cm³/mol. The van der Waals surface area contributed by atoms with Gasteiger partial charge in [-0.3, -0.25) is 4.79 Å². The number of halogens is 1. The quantitative estimate of drug-likeness (QED) is 0.214. The molecule has 4 aromatic rings. The first kappa shape index (κ1) is 23.5. The van der Waals surface area contributed by atoms with Crippen molar-refractivity contribution >= 4 is 60.8 Å². The van der Waals surface area contributed by atoms with Crippen LogP contribution in [-0.2, 0) is 29.0 Å². The first-order valence-electron chi connectivity index (χ1n) is 11.0. The molecule has 0 atom stereocenters. The molecule has 1 N–H and O–H groups in total. The molecular weight excluding hydrogens is 530 g/mol. The van der Waals surface area contributed by atoms with Crippen LogP contribution in [-0.4, -0.2) is 27.2 Å². The summed E-state index contributed by atoms with van der Waals surface area (Å²) < 4.78 is 7.02. The minimum atomic E-state index is -0.232. The summed E-state index contributed by atoms with van der Waals surface area (Å²) in [6, 6.07) is 17.8. The number of ether oxygens (including phenoxy) is 1. The van der Waals surface area contributed by atoms with Crippen LogP contribution in [0.1, 0.15) is 35.7 Å². The summed E-state index contributed by atoms with van der Waals surface area (Å²) in [7, 11) is 0. The lowest BCUT2D eigenvalue weighted by molar-refractivity contribution is -0.113. The summed E-state index contributed by atoms with van der Waals surface area (Å²) in [6.45, 7) is 4.82. The molecule has 0 bridgehead atoms. The van der Waals surface area contributed by atoms with E-state index in [0.717, 1.165) is 43.2 Å². The molecule has 0 saturated carbocycles. The molecule has 174 valence electrons. The number of aromatic nitrogens is 2. The molecule has 1 amide bonds. The van der Waals surface area contributed by atoms with Crippen molar-refractivity contribution in [2.75, 3.05) is 11.1 Å². The Morgan fingerprint density at radius 2 is 1.91 bits per heavy atom. The third-order valence-corrected chi connectivity index (χ3v) is 8.22. The van der Waals surface area contributed by atoms with Gasteiger partial charge in [0, 0.05) is 33.3 Å². The molecule has 8 heteroatoms. The molecule has 2 aromatic heterocycles. The molecule has 0 spiro atoms. The number of benzene rings is 2. The van der Waals surface area contributed by atoms with E-state index in [2.05, 4.69) is 47.2 Å². The van der Waals surface area contributed by atoms with Gasteiger partial charge in [-0.15, -0.1) is 11.3 Å². The summed E-state index contributed by atoms with van der Waals surface area (Å²) in [4.78, 5) is 24.8. The third-order valence-electron chi connectivity index (χ3n) is 5.62. The van der Waals surface area contributed by atoms with Crippen LogP contribution in [0.3, 0.4) is 0 Å². The Kier molecular flexibility index (Phi) is 6.75. The molecule has 5 nitrogen and oxygen atoms in total. The molecule has 0 fully saturated rings. The molecule has 1 aliphatic rings. The Balaban J connectivity index is 1.45. The summed E-state index contributed by atoms with van der Waals surface area (Å²) in [5, 5.41) is 4.92. The third kappa shape index (κ3) is 5.35. The number of fused-ring (bicyclic) bond motifs is 3. The number of nitrogens with zero attached hydrogens (tertiary/aromatic N) is 2. The van der Waals surface area contributed by atoms with E-state index in [4.69, 9.17) is 14.7 Å². The number of thiophene rings is 1. The van der Waals surface area contributed by atoms with Gasteiger partial charge in [0.2, 0.25) is 5.91 Å². The first-order chi connectivity index (χ1) is 16.4. The van der Waals surface area contributed by atoms with Gasteiger partial charge in [-0.2, -0.15) is 0 Å². The van der Waals surface area contributed by atoms with Crippen LogP contribution in [0.2, 0.25) is 0 Å². The lowest BCUT2D eigenvalue weighted by Gasteiger charge is -2.30. The number of anilines is 1. The highest BCUT2D eigenvalue weighted by Crippen LogP contribution is 2.41. The number of hydrogen-bond donors (Lipinski definition) is 1. The van der Waals surface area contributed by atoms with Gasteiger partial charge in [0.05, 0.1) is 18.0 Å². The second-order valence-corrected chi connectivity index (χ2v) is 11.8. The Hall–Kier alpha value is -2.26. The van der Waals surface area contributed by atoms with Crippen molar-refractivity contribution in [2.24, 2.45) is 0 Å². The van der Waals surface area contributed by atoms with Crippen molar-refractivity contribution in [2.45, 2.75) is 43.9 Å². The molecular formula is C26H24BrN3O2S2.